The number of ether oxygens (including phenoxy) is 1. The van der Waals surface area contributed by atoms with Crippen LogP contribution in [0.25, 0.3) is 0 Å². The van der Waals surface area contributed by atoms with Crippen molar-refractivity contribution in [3.8, 4) is 5.75 Å². The Morgan fingerprint density at radius 1 is 1.24 bits per heavy atom. The third kappa shape index (κ3) is 5.52. The van der Waals surface area contributed by atoms with E-state index in [-0.39, 0.29) is 11.9 Å². The lowest BCUT2D eigenvalue weighted by atomic mass is 9.92. The Morgan fingerprint density at radius 2 is 2.03 bits per heavy atom. The van der Waals surface area contributed by atoms with Gasteiger partial charge in [-0.2, -0.15) is 4.31 Å². The Hall–Kier alpha value is -2.65. The molecule has 0 bridgehead atoms. The van der Waals surface area contributed by atoms with Gasteiger partial charge in [0, 0.05) is 44.1 Å². The smallest absolute Gasteiger partial charge is 0.243 e. The van der Waals surface area contributed by atoms with E-state index in [0.29, 0.717) is 42.6 Å². The van der Waals surface area contributed by atoms with Crippen molar-refractivity contribution < 1.29 is 17.9 Å². The lowest BCUT2D eigenvalue weighted by molar-refractivity contribution is -0.121. The standard InChI is InChI=1S/C25H34N4O4S/c1-18-15-21(6-7-24(18)33-2)34(31,32)29-13-9-19(10-14-29)5-3-4-11-27-25(30)23-16-20-17-26-12-8-22(20)28-23/h6-8,12,15,17,19,23,28H,3-5,9-11,13-14,16H2,1-2H3,(H,27,30). The second-order valence-corrected chi connectivity index (χ2v) is 11.1. The summed E-state index contributed by atoms with van der Waals surface area (Å²) in [5.74, 6) is 1.25. The van der Waals surface area contributed by atoms with Gasteiger partial charge in [-0.05, 0) is 67.5 Å². The van der Waals surface area contributed by atoms with Crippen LogP contribution in [0.1, 0.15) is 43.2 Å². The molecule has 1 amide bonds. The Morgan fingerprint density at radius 3 is 2.74 bits per heavy atom. The predicted molar refractivity (Wildman–Crippen MR) is 131 cm³/mol. The fourth-order valence-corrected chi connectivity index (χ4v) is 6.39. The van der Waals surface area contributed by atoms with Crippen LogP contribution in [0.4, 0.5) is 5.69 Å². The van der Waals surface area contributed by atoms with E-state index in [0.717, 1.165) is 48.9 Å². The number of sulfonamides is 1. The van der Waals surface area contributed by atoms with E-state index in [9.17, 15) is 13.2 Å². The summed E-state index contributed by atoms with van der Waals surface area (Å²) in [6, 6.07) is 6.70. The number of unbranched alkanes of at least 4 members (excludes halogenated alkanes) is 1. The van der Waals surface area contributed by atoms with Crippen molar-refractivity contribution in [2.45, 2.75) is 56.4 Å². The molecule has 0 spiro atoms. The average Bonchev–Trinajstić information content (AvgIpc) is 3.28. The molecule has 1 atom stereocenters. The molecule has 2 aliphatic rings. The molecule has 2 N–H and O–H groups in total. The minimum absolute atomic E-state index is 0.0310. The zero-order valence-corrected chi connectivity index (χ0v) is 20.7. The highest BCUT2D eigenvalue weighted by molar-refractivity contribution is 7.89. The van der Waals surface area contributed by atoms with Crippen molar-refractivity contribution >= 4 is 21.6 Å². The monoisotopic (exact) mass is 486 g/mol. The number of carbonyl (C=O) groups is 1. The number of piperidine rings is 1. The molecule has 184 valence electrons. The molecule has 0 saturated carbocycles. The predicted octanol–water partition coefficient (Wildman–Crippen LogP) is 3.12. The molecule has 1 saturated heterocycles. The van der Waals surface area contributed by atoms with Crippen LogP contribution in [0.2, 0.25) is 0 Å². The van der Waals surface area contributed by atoms with E-state index >= 15 is 0 Å². The van der Waals surface area contributed by atoms with Gasteiger partial charge in [0.15, 0.2) is 0 Å². The molecule has 4 rings (SSSR count). The molecule has 9 heteroatoms. The molecule has 34 heavy (non-hydrogen) atoms. The number of hydrogen-bond acceptors (Lipinski definition) is 6. The van der Waals surface area contributed by atoms with Gasteiger partial charge >= 0.3 is 0 Å². The Bertz CT molecular complexity index is 1090. The van der Waals surface area contributed by atoms with Crippen LogP contribution >= 0.6 is 0 Å². The number of aryl methyl sites for hydroxylation is 1. The number of aromatic nitrogens is 1. The number of benzene rings is 1. The molecular formula is C25H34N4O4S. The van der Waals surface area contributed by atoms with Crippen molar-refractivity contribution in [1.29, 1.82) is 0 Å². The summed E-state index contributed by atoms with van der Waals surface area (Å²) in [4.78, 5) is 16.9. The number of amides is 1. The second kappa shape index (κ2) is 10.7. The highest BCUT2D eigenvalue weighted by atomic mass is 32.2. The first-order valence-electron chi connectivity index (χ1n) is 12.0. The van der Waals surface area contributed by atoms with E-state index in [1.54, 1.807) is 35.8 Å². The van der Waals surface area contributed by atoms with E-state index in [1.807, 2.05) is 19.2 Å². The molecule has 3 heterocycles. The zero-order valence-electron chi connectivity index (χ0n) is 19.9. The number of pyridine rings is 1. The maximum Gasteiger partial charge on any atom is 0.243 e. The summed E-state index contributed by atoms with van der Waals surface area (Å²) in [6.07, 6.45) is 8.97. The number of anilines is 1. The first kappa shape index (κ1) is 24.5. The van der Waals surface area contributed by atoms with Crippen LogP contribution in [0, 0.1) is 12.8 Å². The minimum Gasteiger partial charge on any atom is -0.496 e. The number of methoxy groups -OCH3 is 1. The summed E-state index contributed by atoms with van der Waals surface area (Å²) in [7, 11) is -1.90. The molecule has 2 aliphatic heterocycles. The maximum atomic E-state index is 13.0. The fraction of sp³-hybridized carbons (Fsp3) is 0.520. The van der Waals surface area contributed by atoms with Crippen LogP contribution < -0.4 is 15.4 Å². The molecule has 1 aromatic heterocycles. The van der Waals surface area contributed by atoms with Gasteiger partial charge in [-0.25, -0.2) is 8.42 Å². The summed E-state index contributed by atoms with van der Waals surface area (Å²) in [6.45, 7) is 3.62. The van der Waals surface area contributed by atoms with Crippen molar-refractivity contribution in [3.05, 3.63) is 47.8 Å². The van der Waals surface area contributed by atoms with Gasteiger partial charge in [0.05, 0.1) is 12.0 Å². The third-order valence-electron chi connectivity index (χ3n) is 6.89. The summed E-state index contributed by atoms with van der Waals surface area (Å²) >= 11 is 0. The number of nitrogens with zero attached hydrogens (tertiary/aromatic N) is 2. The van der Waals surface area contributed by atoms with E-state index in [4.69, 9.17) is 4.74 Å². The van der Waals surface area contributed by atoms with Crippen molar-refractivity contribution in [2.24, 2.45) is 5.92 Å². The van der Waals surface area contributed by atoms with Crippen molar-refractivity contribution in [2.75, 3.05) is 32.1 Å². The Labute approximate surface area is 202 Å². The number of carbonyl (C=O) groups excluding carboxylic acids is 1. The molecule has 1 aromatic carbocycles. The van der Waals surface area contributed by atoms with Gasteiger partial charge in [0.25, 0.3) is 0 Å². The largest absolute Gasteiger partial charge is 0.496 e. The Balaban J connectivity index is 1.15. The zero-order chi connectivity index (χ0) is 24.1. The second-order valence-electron chi connectivity index (χ2n) is 9.20. The van der Waals surface area contributed by atoms with Gasteiger partial charge < -0.3 is 15.4 Å². The van der Waals surface area contributed by atoms with E-state index in [1.165, 1.54) is 0 Å². The first-order valence-corrected chi connectivity index (χ1v) is 13.4. The first-order chi connectivity index (χ1) is 16.4. The number of rotatable bonds is 9. The summed E-state index contributed by atoms with van der Waals surface area (Å²) < 4.78 is 32.9. The van der Waals surface area contributed by atoms with Gasteiger partial charge in [-0.3, -0.25) is 9.78 Å². The van der Waals surface area contributed by atoms with Crippen LogP contribution in [-0.2, 0) is 21.2 Å². The normalized spacial score (nSPS) is 18.8. The summed E-state index contributed by atoms with van der Waals surface area (Å²) in [5.41, 5.74) is 2.89. The molecule has 2 aromatic rings. The fourth-order valence-electron chi connectivity index (χ4n) is 4.84. The number of hydrogen-bond donors (Lipinski definition) is 2. The highest BCUT2D eigenvalue weighted by Gasteiger charge is 2.30. The molecule has 8 nitrogen and oxygen atoms in total. The number of fused-ring (bicyclic) bond motifs is 1. The third-order valence-corrected chi connectivity index (χ3v) is 8.78. The molecule has 1 unspecified atom stereocenters. The van der Waals surface area contributed by atoms with Gasteiger partial charge in [0.1, 0.15) is 11.8 Å². The maximum absolute atomic E-state index is 13.0. The molecule has 0 aliphatic carbocycles. The van der Waals surface area contributed by atoms with Gasteiger partial charge in [-0.1, -0.05) is 12.8 Å². The van der Waals surface area contributed by atoms with Gasteiger partial charge in [-0.15, -0.1) is 0 Å². The summed E-state index contributed by atoms with van der Waals surface area (Å²) in [5, 5.41) is 6.29. The number of nitrogens with one attached hydrogen (secondary N) is 2. The van der Waals surface area contributed by atoms with Crippen LogP contribution in [0.15, 0.2) is 41.6 Å². The van der Waals surface area contributed by atoms with Crippen LogP contribution in [-0.4, -0.2) is 56.4 Å². The topological polar surface area (TPSA) is 101 Å². The van der Waals surface area contributed by atoms with E-state index < -0.39 is 10.0 Å². The van der Waals surface area contributed by atoms with Gasteiger partial charge in [0.2, 0.25) is 15.9 Å². The molecule has 1 fully saturated rings. The SMILES string of the molecule is COc1ccc(S(=O)(=O)N2CCC(CCCCNC(=O)C3Cc4cnccc4N3)CC2)cc1C. The highest BCUT2D eigenvalue weighted by Crippen LogP contribution is 2.29. The van der Waals surface area contributed by atoms with E-state index in [2.05, 4.69) is 15.6 Å². The van der Waals surface area contributed by atoms with Crippen LogP contribution in [0.5, 0.6) is 5.75 Å². The molecular weight excluding hydrogens is 452 g/mol. The van der Waals surface area contributed by atoms with Crippen molar-refractivity contribution in [3.63, 3.8) is 0 Å². The van der Waals surface area contributed by atoms with Crippen molar-refractivity contribution in [1.82, 2.24) is 14.6 Å². The molecule has 0 radical (unpaired) electrons. The quantitative estimate of drug-likeness (QED) is 0.528. The Kier molecular flexibility index (Phi) is 7.73. The lowest BCUT2D eigenvalue weighted by Gasteiger charge is -2.31. The lowest BCUT2D eigenvalue weighted by Crippen LogP contribution is -2.39. The van der Waals surface area contributed by atoms with Crippen LogP contribution in [0.3, 0.4) is 0 Å². The average molecular weight is 487 g/mol. The minimum atomic E-state index is -3.48.